The first-order valence-corrected chi connectivity index (χ1v) is 3.77. The Balaban J connectivity index is 3.09. The van der Waals surface area contributed by atoms with E-state index in [9.17, 15) is 13.2 Å². The molecule has 0 atom stereocenters. The van der Waals surface area contributed by atoms with E-state index in [1.54, 1.807) is 0 Å². The molecule has 1 aromatic carbocycles. The molecule has 0 saturated heterocycles. The van der Waals surface area contributed by atoms with Crippen molar-refractivity contribution in [3.05, 3.63) is 17.2 Å². The van der Waals surface area contributed by atoms with Gasteiger partial charge in [0, 0.05) is 5.69 Å². The first-order chi connectivity index (χ1) is 6.29. The molecular weight excluding hydrogens is 221 g/mol. The highest BCUT2D eigenvalue weighted by Gasteiger charge is 2.33. The lowest BCUT2D eigenvalue weighted by Gasteiger charge is -2.12. The van der Waals surface area contributed by atoms with Gasteiger partial charge in [0.1, 0.15) is 0 Å². The van der Waals surface area contributed by atoms with Gasteiger partial charge in [-0.1, -0.05) is 11.6 Å². The van der Waals surface area contributed by atoms with Crippen molar-refractivity contribution in [1.82, 2.24) is 0 Å². The summed E-state index contributed by atoms with van der Waals surface area (Å²) in [7, 11) is 0. The molecule has 7 heteroatoms. The van der Waals surface area contributed by atoms with Crippen LogP contribution in [0.25, 0.3) is 0 Å². The van der Waals surface area contributed by atoms with Crippen LogP contribution >= 0.6 is 11.6 Å². The number of nitrogens with two attached hydrogens (primary N) is 2. The van der Waals surface area contributed by atoms with Crippen LogP contribution in [0.2, 0.25) is 5.02 Å². The van der Waals surface area contributed by atoms with E-state index in [-0.39, 0.29) is 16.4 Å². The topological polar surface area (TPSA) is 61.3 Å². The zero-order chi connectivity index (χ0) is 10.9. The van der Waals surface area contributed by atoms with Crippen LogP contribution in [0.5, 0.6) is 5.75 Å². The third-order valence-corrected chi connectivity index (χ3v) is 1.59. The fraction of sp³-hybridized carbons (Fsp3) is 0.143. The SMILES string of the molecule is Nc1cc(N)c(OC(F)(F)F)c(Cl)c1. The van der Waals surface area contributed by atoms with Crippen LogP contribution < -0.4 is 16.2 Å². The summed E-state index contributed by atoms with van der Waals surface area (Å²) in [5.74, 6) is -0.631. The predicted octanol–water partition coefficient (Wildman–Crippen LogP) is 2.40. The number of hydrogen-bond donors (Lipinski definition) is 2. The van der Waals surface area contributed by atoms with Gasteiger partial charge >= 0.3 is 6.36 Å². The van der Waals surface area contributed by atoms with Crippen molar-refractivity contribution in [3.63, 3.8) is 0 Å². The van der Waals surface area contributed by atoms with E-state index < -0.39 is 12.1 Å². The minimum absolute atomic E-state index is 0.169. The Bertz CT molecular complexity index is 330. The molecule has 0 bridgehead atoms. The summed E-state index contributed by atoms with van der Waals surface area (Å²) in [5, 5.41) is -0.278. The van der Waals surface area contributed by atoms with Crippen LogP contribution in [0, 0.1) is 0 Å². The first-order valence-electron chi connectivity index (χ1n) is 3.40. The van der Waals surface area contributed by atoms with Gasteiger partial charge in [-0.15, -0.1) is 13.2 Å². The highest BCUT2D eigenvalue weighted by molar-refractivity contribution is 6.32. The molecule has 0 spiro atoms. The fourth-order valence-corrected chi connectivity index (χ4v) is 1.13. The number of alkyl halides is 3. The molecule has 0 unspecified atom stereocenters. The van der Waals surface area contributed by atoms with Crippen molar-refractivity contribution >= 4 is 23.0 Å². The quantitative estimate of drug-likeness (QED) is 0.723. The monoisotopic (exact) mass is 226 g/mol. The van der Waals surface area contributed by atoms with Crippen LogP contribution in [0.4, 0.5) is 24.5 Å². The Morgan fingerprint density at radius 1 is 1.21 bits per heavy atom. The van der Waals surface area contributed by atoms with E-state index >= 15 is 0 Å². The summed E-state index contributed by atoms with van der Waals surface area (Å²) in [6, 6.07) is 2.26. The van der Waals surface area contributed by atoms with Crippen molar-refractivity contribution < 1.29 is 17.9 Å². The van der Waals surface area contributed by atoms with Gasteiger partial charge in [0.15, 0.2) is 5.75 Å². The molecule has 4 N–H and O–H groups in total. The van der Waals surface area contributed by atoms with Gasteiger partial charge in [-0.25, -0.2) is 0 Å². The van der Waals surface area contributed by atoms with Crippen LogP contribution in [-0.2, 0) is 0 Å². The lowest BCUT2D eigenvalue weighted by molar-refractivity contribution is -0.274. The van der Waals surface area contributed by atoms with Crippen molar-refractivity contribution in [3.8, 4) is 5.75 Å². The average Bonchev–Trinajstić information content (AvgIpc) is 1.95. The fourth-order valence-electron chi connectivity index (χ4n) is 0.860. The van der Waals surface area contributed by atoms with Gasteiger partial charge in [0.2, 0.25) is 0 Å². The minimum Gasteiger partial charge on any atom is -0.402 e. The summed E-state index contributed by atoms with van der Waals surface area (Å²) in [6.45, 7) is 0. The molecule has 0 heterocycles. The Labute approximate surface area is 82.4 Å². The Hall–Kier alpha value is -1.30. The number of halogens is 4. The average molecular weight is 227 g/mol. The van der Waals surface area contributed by atoms with Gasteiger partial charge in [0.25, 0.3) is 0 Å². The molecule has 0 radical (unpaired) electrons. The Kier molecular flexibility index (Phi) is 2.66. The number of ether oxygens (including phenoxy) is 1. The second kappa shape index (κ2) is 3.45. The number of nitrogen functional groups attached to an aromatic ring is 2. The Morgan fingerprint density at radius 2 is 1.79 bits per heavy atom. The molecule has 0 amide bonds. The third kappa shape index (κ3) is 2.59. The first kappa shape index (κ1) is 10.8. The Morgan fingerprint density at radius 3 is 2.21 bits per heavy atom. The standard InChI is InChI=1S/C7H6ClF3N2O/c8-4-1-3(12)2-5(13)6(4)14-7(9,10)11/h1-2H,12-13H2. The van der Waals surface area contributed by atoms with Crippen molar-refractivity contribution in [2.45, 2.75) is 6.36 Å². The smallest absolute Gasteiger partial charge is 0.402 e. The number of rotatable bonds is 1. The van der Waals surface area contributed by atoms with Gasteiger partial charge < -0.3 is 16.2 Å². The number of anilines is 2. The van der Waals surface area contributed by atoms with E-state index in [2.05, 4.69) is 4.74 Å². The highest BCUT2D eigenvalue weighted by Crippen LogP contribution is 2.36. The van der Waals surface area contributed by atoms with Gasteiger partial charge in [-0.2, -0.15) is 0 Å². The molecule has 1 rings (SSSR count). The molecule has 0 aromatic heterocycles. The predicted molar refractivity (Wildman–Crippen MR) is 47.0 cm³/mol. The molecule has 14 heavy (non-hydrogen) atoms. The maximum absolute atomic E-state index is 11.8. The summed E-state index contributed by atoms with van der Waals surface area (Å²) in [5.41, 5.74) is 10.4. The van der Waals surface area contributed by atoms with Crippen molar-refractivity contribution in [2.75, 3.05) is 11.5 Å². The van der Waals surface area contributed by atoms with Crippen LogP contribution in [0.15, 0.2) is 12.1 Å². The van der Waals surface area contributed by atoms with Crippen LogP contribution in [0.3, 0.4) is 0 Å². The third-order valence-electron chi connectivity index (χ3n) is 1.31. The zero-order valence-electron chi connectivity index (χ0n) is 6.73. The second-order valence-electron chi connectivity index (χ2n) is 2.47. The molecular formula is C7H6ClF3N2O. The molecule has 1 aromatic rings. The lowest BCUT2D eigenvalue weighted by atomic mass is 10.2. The van der Waals surface area contributed by atoms with E-state index in [1.165, 1.54) is 0 Å². The van der Waals surface area contributed by atoms with Crippen LogP contribution in [0.1, 0.15) is 0 Å². The zero-order valence-corrected chi connectivity index (χ0v) is 7.49. The molecule has 0 aliphatic carbocycles. The molecule has 0 saturated carbocycles. The number of hydrogen-bond acceptors (Lipinski definition) is 3. The molecule has 0 fully saturated rings. The van der Waals surface area contributed by atoms with Crippen LogP contribution in [-0.4, -0.2) is 6.36 Å². The molecule has 0 aliphatic heterocycles. The molecule has 3 nitrogen and oxygen atoms in total. The van der Waals surface area contributed by atoms with Gasteiger partial charge in [-0.3, -0.25) is 0 Å². The normalized spacial score (nSPS) is 11.4. The van der Waals surface area contributed by atoms with E-state index in [4.69, 9.17) is 23.1 Å². The van der Waals surface area contributed by atoms with Gasteiger partial charge in [-0.05, 0) is 12.1 Å². The van der Waals surface area contributed by atoms with Crippen molar-refractivity contribution in [1.29, 1.82) is 0 Å². The second-order valence-corrected chi connectivity index (χ2v) is 2.88. The van der Waals surface area contributed by atoms with Crippen molar-refractivity contribution in [2.24, 2.45) is 0 Å². The lowest BCUT2D eigenvalue weighted by Crippen LogP contribution is -2.18. The maximum atomic E-state index is 11.8. The highest BCUT2D eigenvalue weighted by atomic mass is 35.5. The largest absolute Gasteiger partial charge is 0.573 e. The number of benzene rings is 1. The van der Waals surface area contributed by atoms with E-state index in [1.807, 2.05) is 0 Å². The minimum atomic E-state index is -4.83. The van der Waals surface area contributed by atoms with E-state index in [0.717, 1.165) is 12.1 Å². The van der Waals surface area contributed by atoms with E-state index in [0.29, 0.717) is 0 Å². The summed E-state index contributed by atoms with van der Waals surface area (Å²) in [6.07, 6.45) is -4.83. The summed E-state index contributed by atoms with van der Waals surface area (Å²) in [4.78, 5) is 0. The maximum Gasteiger partial charge on any atom is 0.573 e. The summed E-state index contributed by atoms with van der Waals surface area (Å²) >= 11 is 5.46. The van der Waals surface area contributed by atoms with Gasteiger partial charge in [0.05, 0.1) is 10.7 Å². The molecule has 78 valence electrons. The summed E-state index contributed by atoms with van der Waals surface area (Å²) < 4.78 is 39.1. The molecule has 0 aliphatic rings.